The van der Waals surface area contributed by atoms with Crippen LogP contribution in [0.4, 0.5) is 22.4 Å². The first-order valence-corrected chi connectivity index (χ1v) is 15.7. The summed E-state index contributed by atoms with van der Waals surface area (Å²) in [7, 11) is 0. The molecule has 2 aromatic heterocycles. The smallest absolute Gasteiger partial charge is 0.416 e. The van der Waals surface area contributed by atoms with Gasteiger partial charge in [0.2, 0.25) is 0 Å². The Kier molecular flexibility index (Phi) is 8.27. The predicted molar refractivity (Wildman–Crippen MR) is 154 cm³/mol. The number of hydrogen-bond acceptors (Lipinski definition) is 7. The van der Waals surface area contributed by atoms with Crippen LogP contribution in [0.15, 0.2) is 30.5 Å². The quantitative estimate of drug-likeness (QED) is 0.282. The summed E-state index contributed by atoms with van der Waals surface area (Å²) in [6.45, 7) is 6.64. The van der Waals surface area contributed by atoms with Gasteiger partial charge in [-0.2, -0.15) is 13.2 Å². The molecule has 10 nitrogen and oxygen atoms in total. The molecule has 1 aromatic carbocycles. The molecule has 1 amide bonds. The fourth-order valence-corrected chi connectivity index (χ4v) is 6.57. The molecule has 0 spiro atoms. The third kappa shape index (κ3) is 6.79. The van der Waals surface area contributed by atoms with E-state index in [9.17, 15) is 18.0 Å². The van der Waals surface area contributed by atoms with E-state index in [4.69, 9.17) is 9.47 Å². The van der Waals surface area contributed by atoms with Crippen LogP contribution in [-0.4, -0.2) is 59.4 Å². The molecule has 1 saturated carbocycles. The molecule has 2 aliphatic heterocycles. The van der Waals surface area contributed by atoms with Crippen molar-refractivity contribution in [2.45, 2.75) is 114 Å². The lowest BCUT2D eigenvalue weighted by atomic mass is 9.85. The van der Waals surface area contributed by atoms with Gasteiger partial charge in [0, 0.05) is 38.4 Å². The number of halogens is 4. The fraction of sp³-hybridized carbons (Fsp3) is 0.645. The van der Waals surface area contributed by atoms with Gasteiger partial charge >= 0.3 is 12.3 Å². The average molecular weight is 634 g/mol. The van der Waals surface area contributed by atoms with Crippen molar-refractivity contribution in [2.24, 2.45) is 0 Å². The molecule has 3 aliphatic rings. The van der Waals surface area contributed by atoms with Gasteiger partial charge in [-0.15, -0.1) is 15.3 Å². The molecule has 6 rings (SSSR count). The van der Waals surface area contributed by atoms with Crippen molar-refractivity contribution < 1.29 is 31.8 Å². The maximum atomic E-state index is 15.9. The number of alkyl halides is 4. The molecule has 1 aliphatic carbocycles. The van der Waals surface area contributed by atoms with Crippen LogP contribution < -0.4 is 4.74 Å². The highest BCUT2D eigenvalue weighted by Gasteiger charge is 2.41. The topological polar surface area (TPSA) is 100 Å². The molecular weight excluding hydrogens is 594 g/mol. The maximum Gasteiger partial charge on any atom is 0.416 e. The summed E-state index contributed by atoms with van der Waals surface area (Å²) >= 11 is 0. The number of hydrogen-bond donors (Lipinski definition) is 0. The van der Waals surface area contributed by atoms with Gasteiger partial charge in [0.05, 0.1) is 17.8 Å². The molecule has 3 aromatic rings. The molecular formula is C31H39F4N7O3. The van der Waals surface area contributed by atoms with Crippen molar-refractivity contribution in [3.05, 3.63) is 53.4 Å². The van der Waals surface area contributed by atoms with E-state index in [-0.39, 0.29) is 43.6 Å². The lowest BCUT2D eigenvalue weighted by molar-refractivity contribution is -0.137. The lowest BCUT2D eigenvalue weighted by Crippen LogP contribution is -2.45. The molecule has 2 fully saturated rings. The largest absolute Gasteiger partial charge is 0.482 e. The normalized spacial score (nSPS) is 23.8. The Morgan fingerprint density at radius 2 is 1.67 bits per heavy atom. The Labute approximate surface area is 259 Å². The van der Waals surface area contributed by atoms with E-state index in [0.29, 0.717) is 17.9 Å². The van der Waals surface area contributed by atoms with Crippen LogP contribution in [0.5, 0.6) is 5.75 Å². The number of amides is 1. The first-order valence-electron chi connectivity index (χ1n) is 15.7. The molecule has 1 saturated heterocycles. The summed E-state index contributed by atoms with van der Waals surface area (Å²) in [4.78, 5) is 13.9. The second-order valence-electron chi connectivity index (χ2n) is 13.4. The molecule has 14 heteroatoms. The summed E-state index contributed by atoms with van der Waals surface area (Å²) in [5.74, 6) is 1.84. The van der Waals surface area contributed by atoms with E-state index in [1.165, 1.54) is 17.0 Å². The van der Waals surface area contributed by atoms with Crippen LogP contribution in [0, 0.1) is 0 Å². The minimum absolute atomic E-state index is 0.0775. The number of likely N-dealkylation sites (tertiary alicyclic amines) is 1. The number of aromatic nitrogens is 6. The zero-order valence-electron chi connectivity index (χ0n) is 25.8. The number of piperidine rings is 1. The number of carbonyl (C=O) groups is 1. The third-order valence-corrected chi connectivity index (χ3v) is 9.00. The SMILES string of the molecule is CC(C)(C)OC(=O)N1CCC(F)(c2cn(C3CCC(c4nnc5n4CCCC5Oc4cccc(C(F)(F)F)c4)CC3)nn2)CC1. The summed E-state index contributed by atoms with van der Waals surface area (Å²) in [6.07, 6.45) is 1.37. The summed E-state index contributed by atoms with van der Waals surface area (Å²) in [5, 5.41) is 17.4. The molecule has 0 radical (unpaired) electrons. The first-order chi connectivity index (χ1) is 21.3. The van der Waals surface area contributed by atoms with Gasteiger partial charge in [-0.25, -0.2) is 13.9 Å². The van der Waals surface area contributed by atoms with E-state index in [1.54, 1.807) is 31.6 Å². The highest BCUT2D eigenvalue weighted by molar-refractivity contribution is 5.68. The zero-order valence-corrected chi connectivity index (χ0v) is 25.8. The number of fused-ring (bicyclic) bond motifs is 1. The zero-order chi connectivity index (χ0) is 32.0. The minimum atomic E-state index is -4.44. The molecule has 1 unspecified atom stereocenters. The molecule has 4 heterocycles. The van der Waals surface area contributed by atoms with E-state index in [2.05, 4.69) is 25.1 Å². The van der Waals surface area contributed by atoms with Crippen molar-refractivity contribution in [2.75, 3.05) is 13.1 Å². The second-order valence-corrected chi connectivity index (χ2v) is 13.4. The maximum absolute atomic E-state index is 15.9. The van der Waals surface area contributed by atoms with Crippen LogP contribution in [0.25, 0.3) is 0 Å². The van der Waals surface area contributed by atoms with Crippen molar-refractivity contribution in [3.63, 3.8) is 0 Å². The van der Waals surface area contributed by atoms with Crippen molar-refractivity contribution >= 4 is 6.09 Å². The number of carbonyl (C=O) groups excluding carboxylic acids is 1. The minimum Gasteiger partial charge on any atom is -0.482 e. The van der Waals surface area contributed by atoms with Crippen molar-refractivity contribution in [1.82, 2.24) is 34.7 Å². The average Bonchev–Trinajstić information content (AvgIpc) is 3.66. The third-order valence-electron chi connectivity index (χ3n) is 9.00. The van der Waals surface area contributed by atoms with Crippen LogP contribution in [0.2, 0.25) is 0 Å². The van der Waals surface area contributed by atoms with Gasteiger partial charge < -0.3 is 18.9 Å². The Morgan fingerprint density at radius 1 is 0.956 bits per heavy atom. The van der Waals surface area contributed by atoms with E-state index in [1.807, 2.05) is 0 Å². The van der Waals surface area contributed by atoms with Gasteiger partial charge in [0.15, 0.2) is 17.6 Å². The van der Waals surface area contributed by atoms with Crippen LogP contribution in [-0.2, 0) is 23.1 Å². The Hall–Kier alpha value is -3.71. The highest BCUT2D eigenvalue weighted by Crippen LogP contribution is 2.41. The molecule has 1 atom stereocenters. The highest BCUT2D eigenvalue weighted by atomic mass is 19.4. The number of nitrogens with zero attached hydrogens (tertiary/aromatic N) is 7. The summed E-state index contributed by atoms with van der Waals surface area (Å²) in [5.41, 5.74) is -2.71. The lowest BCUT2D eigenvalue weighted by Gasteiger charge is -2.36. The Balaban J connectivity index is 1.06. The van der Waals surface area contributed by atoms with Crippen LogP contribution >= 0.6 is 0 Å². The van der Waals surface area contributed by atoms with Crippen LogP contribution in [0.3, 0.4) is 0 Å². The van der Waals surface area contributed by atoms with E-state index < -0.39 is 35.2 Å². The number of ether oxygens (including phenoxy) is 2. The second kappa shape index (κ2) is 11.9. The Bertz CT molecular complexity index is 1500. The standard InChI is InChI=1S/C31H39F4N7O3/c1-29(2,3)45-28(43)40-16-13-30(32,14-17-40)25-19-42(39-36-25)22-11-9-20(10-12-22)26-37-38-27-24(8-5-15-41(26)27)44-23-7-4-6-21(18-23)31(33,34)35/h4,6-7,18-20,22,24H,5,8-17H2,1-3H3. The molecule has 0 N–H and O–H groups in total. The van der Waals surface area contributed by atoms with Gasteiger partial charge in [0.1, 0.15) is 22.9 Å². The van der Waals surface area contributed by atoms with Gasteiger partial charge in [-0.1, -0.05) is 11.3 Å². The van der Waals surface area contributed by atoms with Crippen LogP contribution in [0.1, 0.15) is 113 Å². The van der Waals surface area contributed by atoms with E-state index in [0.717, 1.165) is 56.6 Å². The monoisotopic (exact) mass is 633 g/mol. The number of rotatable bonds is 5. The Morgan fingerprint density at radius 3 is 2.36 bits per heavy atom. The van der Waals surface area contributed by atoms with E-state index >= 15 is 4.39 Å². The molecule has 244 valence electrons. The van der Waals surface area contributed by atoms with Gasteiger partial charge in [-0.05, 0) is 77.5 Å². The first kappa shape index (κ1) is 31.3. The molecule has 0 bridgehead atoms. The number of benzene rings is 1. The van der Waals surface area contributed by atoms with Gasteiger partial charge in [0.25, 0.3) is 0 Å². The predicted octanol–water partition coefficient (Wildman–Crippen LogP) is 6.90. The van der Waals surface area contributed by atoms with Crippen molar-refractivity contribution in [3.8, 4) is 5.75 Å². The molecule has 45 heavy (non-hydrogen) atoms. The van der Waals surface area contributed by atoms with Gasteiger partial charge in [-0.3, -0.25) is 0 Å². The fourth-order valence-electron chi connectivity index (χ4n) is 6.57. The summed E-state index contributed by atoms with van der Waals surface area (Å²) < 4.78 is 70.8. The summed E-state index contributed by atoms with van der Waals surface area (Å²) in [6, 6.07) is 4.99. The van der Waals surface area contributed by atoms with Crippen molar-refractivity contribution in [1.29, 1.82) is 0 Å².